The Morgan fingerprint density at radius 2 is 2.12 bits per heavy atom. The number of rotatable bonds is 11. The van der Waals surface area contributed by atoms with Gasteiger partial charge in [0.15, 0.2) is 0 Å². The topological polar surface area (TPSA) is 41.5 Å². The van der Waals surface area contributed by atoms with E-state index in [0.29, 0.717) is 13.2 Å². The summed E-state index contributed by atoms with van der Waals surface area (Å²) >= 11 is 0. The lowest BCUT2D eigenvalue weighted by Crippen LogP contribution is -2.31. The third kappa shape index (κ3) is 8.08. The second-order valence-electron chi connectivity index (χ2n) is 4.89. The van der Waals surface area contributed by atoms with Gasteiger partial charge in [0.25, 0.3) is 0 Å². The maximum atomic E-state index is 9.60. The summed E-state index contributed by atoms with van der Waals surface area (Å²) < 4.78 is 5.43. The zero-order chi connectivity index (χ0) is 11.6. The van der Waals surface area contributed by atoms with Crippen LogP contribution in [0.3, 0.4) is 0 Å². The van der Waals surface area contributed by atoms with Crippen LogP contribution in [0, 0.1) is 5.92 Å². The molecule has 0 aromatic carbocycles. The van der Waals surface area contributed by atoms with Crippen LogP contribution in [0.15, 0.2) is 0 Å². The first-order valence-corrected chi connectivity index (χ1v) is 6.79. The number of hydrogen-bond acceptors (Lipinski definition) is 3. The summed E-state index contributed by atoms with van der Waals surface area (Å²) in [5.74, 6) is 0.877. The molecular weight excluding hydrogens is 202 g/mol. The van der Waals surface area contributed by atoms with Crippen molar-refractivity contribution in [3.8, 4) is 0 Å². The van der Waals surface area contributed by atoms with Crippen LogP contribution in [0.25, 0.3) is 0 Å². The number of unbranched alkanes of at least 4 members (excludes halogenated alkanes) is 3. The minimum atomic E-state index is -0.343. The monoisotopic (exact) mass is 229 g/mol. The molecule has 2 N–H and O–H groups in total. The second kappa shape index (κ2) is 8.97. The number of ether oxygens (including phenoxy) is 1. The van der Waals surface area contributed by atoms with E-state index in [-0.39, 0.29) is 6.10 Å². The van der Waals surface area contributed by atoms with Crippen LogP contribution in [0.1, 0.15) is 45.4 Å². The summed E-state index contributed by atoms with van der Waals surface area (Å²) in [5.41, 5.74) is 0. The van der Waals surface area contributed by atoms with E-state index in [2.05, 4.69) is 12.2 Å². The Kier molecular flexibility index (Phi) is 7.81. The number of nitrogens with one attached hydrogen (secondary N) is 1. The van der Waals surface area contributed by atoms with E-state index in [1.54, 1.807) is 0 Å². The van der Waals surface area contributed by atoms with Crippen LogP contribution in [-0.2, 0) is 4.74 Å². The van der Waals surface area contributed by atoms with Crippen molar-refractivity contribution in [3.05, 3.63) is 0 Å². The number of aliphatic hydroxyl groups excluding tert-OH is 1. The van der Waals surface area contributed by atoms with Crippen molar-refractivity contribution in [1.82, 2.24) is 5.32 Å². The predicted octanol–water partition coefficient (Wildman–Crippen LogP) is 1.94. The van der Waals surface area contributed by atoms with Crippen LogP contribution in [0.5, 0.6) is 0 Å². The van der Waals surface area contributed by atoms with E-state index >= 15 is 0 Å². The normalized spacial score (nSPS) is 17.6. The first-order valence-electron chi connectivity index (χ1n) is 6.79. The molecule has 0 saturated heterocycles. The van der Waals surface area contributed by atoms with Gasteiger partial charge in [-0.1, -0.05) is 26.2 Å². The highest BCUT2D eigenvalue weighted by Gasteiger charge is 2.20. The Morgan fingerprint density at radius 1 is 1.31 bits per heavy atom. The van der Waals surface area contributed by atoms with E-state index in [4.69, 9.17) is 4.74 Å². The molecule has 1 unspecified atom stereocenters. The molecule has 3 nitrogen and oxygen atoms in total. The molecule has 1 rings (SSSR count). The van der Waals surface area contributed by atoms with Crippen molar-refractivity contribution in [2.45, 2.75) is 51.6 Å². The zero-order valence-electron chi connectivity index (χ0n) is 10.6. The van der Waals surface area contributed by atoms with Gasteiger partial charge >= 0.3 is 0 Å². The minimum Gasteiger partial charge on any atom is -0.389 e. The Bertz CT molecular complexity index is 160. The van der Waals surface area contributed by atoms with Crippen LogP contribution < -0.4 is 5.32 Å². The Morgan fingerprint density at radius 3 is 2.81 bits per heavy atom. The lowest BCUT2D eigenvalue weighted by atomic mass is 10.2. The molecule has 3 heteroatoms. The highest BCUT2D eigenvalue weighted by atomic mass is 16.5. The smallest absolute Gasteiger partial charge is 0.0897 e. The molecule has 0 aromatic rings. The summed E-state index contributed by atoms with van der Waals surface area (Å²) in [5, 5.41) is 12.9. The van der Waals surface area contributed by atoms with Gasteiger partial charge in [-0.05, 0) is 31.7 Å². The molecule has 1 saturated carbocycles. The summed E-state index contributed by atoms with van der Waals surface area (Å²) in [6.07, 6.45) is 7.28. The van der Waals surface area contributed by atoms with Gasteiger partial charge in [-0.3, -0.25) is 0 Å². The minimum absolute atomic E-state index is 0.343. The van der Waals surface area contributed by atoms with Gasteiger partial charge in [0, 0.05) is 13.2 Å². The first kappa shape index (κ1) is 13.9. The zero-order valence-corrected chi connectivity index (χ0v) is 10.6. The van der Waals surface area contributed by atoms with Gasteiger partial charge in [-0.15, -0.1) is 0 Å². The maximum Gasteiger partial charge on any atom is 0.0897 e. The molecular formula is C13H27NO2. The van der Waals surface area contributed by atoms with E-state index in [1.807, 2.05) is 0 Å². The molecule has 0 spiro atoms. The molecule has 0 heterocycles. The first-order chi connectivity index (χ1) is 7.83. The van der Waals surface area contributed by atoms with E-state index in [1.165, 1.54) is 32.1 Å². The quantitative estimate of drug-likeness (QED) is 0.532. The molecule has 1 aliphatic rings. The number of hydrogen-bond donors (Lipinski definition) is 2. The Hall–Kier alpha value is -0.120. The standard InChI is InChI=1S/C13H27NO2/c1-2-3-4-5-8-16-11-13(15)10-14-9-12-6-7-12/h12-15H,2-11H2,1H3. The van der Waals surface area contributed by atoms with Gasteiger partial charge in [0.05, 0.1) is 12.7 Å². The summed E-state index contributed by atoms with van der Waals surface area (Å²) in [6.45, 7) is 5.21. The molecule has 1 aliphatic carbocycles. The van der Waals surface area contributed by atoms with Crippen molar-refractivity contribution in [2.75, 3.05) is 26.3 Å². The molecule has 0 bridgehead atoms. The highest BCUT2D eigenvalue weighted by molar-refractivity contribution is 4.75. The SMILES string of the molecule is CCCCCCOCC(O)CNCC1CC1. The Labute approximate surface area is 99.6 Å². The van der Waals surface area contributed by atoms with Gasteiger partial charge in [0.2, 0.25) is 0 Å². The molecule has 96 valence electrons. The Balaban J connectivity index is 1.76. The fraction of sp³-hybridized carbons (Fsp3) is 1.00. The van der Waals surface area contributed by atoms with Crippen molar-refractivity contribution in [2.24, 2.45) is 5.92 Å². The third-order valence-electron chi connectivity index (χ3n) is 2.96. The summed E-state index contributed by atoms with van der Waals surface area (Å²) in [7, 11) is 0. The summed E-state index contributed by atoms with van der Waals surface area (Å²) in [4.78, 5) is 0. The summed E-state index contributed by atoms with van der Waals surface area (Å²) in [6, 6.07) is 0. The van der Waals surface area contributed by atoms with E-state index in [9.17, 15) is 5.11 Å². The average Bonchev–Trinajstić information content (AvgIpc) is 3.07. The van der Waals surface area contributed by atoms with E-state index in [0.717, 1.165) is 25.5 Å². The second-order valence-corrected chi connectivity index (χ2v) is 4.89. The van der Waals surface area contributed by atoms with Gasteiger partial charge in [0.1, 0.15) is 0 Å². The van der Waals surface area contributed by atoms with Crippen molar-refractivity contribution >= 4 is 0 Å². The third-order valence-corrected chi connectivity index (χ3v) is 2.96. The molecule has 0 radical (unpaired) electrons. The molecule has 0 aliphatic heterocycles. The van der Waals surface area contributed by atoms with Gasteiger partial charge in [-0.25, -0.2) is 0 Å². The molecule has 16 heavy (non-hydrogen) atoms. The van der Waals surface area contributed by atoms with Crippen LogP contribution in [0.2, 0.25) is 0 Å². The van der Waals surface area contributed by atoms with E-state index < -0.39 is 0 Å². The predicted molar refractivity (Wildman–Crippen MR) is 66.6 cm³/mol. The molecule has 0 aromatic heterocycles. The van der Waals surface area contributed by atoms with Crippen LogP contribution >= 0.6 is 0 Å². The maximum absolute atomic E-state index is 9.60. The molecule has 0 amide bonds. The number of aliphatic hydroxyl groups is 1. The van der Waals surface area contributed by atoms with Gasteiger partial charge in [-0.2, -0.15) is 0 Å². The van der Waals surface area contributed by atoms with Crippen LogP contribution in [0.4, 0.5) is 0 Å². The fourth-order valence-corrected chi connectivity index (χ4v) is 1.69. The van der Waals surface area contributed by atoms with Crippen molar-refractivity contribution in [3.63, 3.8) is 0 Å². The molecule has 1 fully saturated rings. The lowest BCUT2D eigenvalue weighted by Gasteiger charge is -2.12. The molecule has 1 atom stereocenters. The van der Waals surface area contributed by atoms with Crippen molar-refractivity contribution in [1.29, 1.82) is 0 Å². The van der Waals surface area contributed by atoms with Crippen LogP contribution in [-0.4, -0.2) is 37.5 Å². The highest BCUT2D eigenvalue weighted by Crippen LogP contribution is 2.27. The lowest BCUT2D eigenvalue weighted by molar-refractivity contribution is 0.0354. The van der Waals surface area contributed by atoms with Gasteiger partial charge < -0.3 is 15.2 Å². The van der Waals surface area contributed by atoms with Crippen molar-refractivity contribution < 1.29 is 9.84 Å². The largest absolute Gasteiger partial charge is 0.389 e. The average molecular weight is 229 g/mol. The fourth-order valence-electron chi connectivity index (χ4n) is 1.69.